The molecule has 0 saturated heterocycles. The van der Waals surface area contributed by atoms with Crippen LogP contribution in [0.5, 0.6) is 17.5 Å². The Morgan fingerprint density at radius 2 is 1.73 bits per heavy atom. The minimum atomic E-state index is 0.0874. The Bertz CT molecular complexity index is 1350. The number of carbonyl (C=O) groups excluding carboxylic acids is 1. The SMILES string of the molecule is COc1ccc(CCOc2nc(-c3cccc(OC)c3)n(-c3ccc(NC(=O)C4CCC4)cc3)n2)cc1. The summed E-state index contributed by atoms with van der Waals surface area (Å²) in [6.07, 6.45) is 3.77. The van der Waals surface area contributed by atoms with Gasteiger partial charge in [0, 0.05) is 23.6 Å². The number of carbonyl (C=O) groups is 1. The second-order valence-corrected chi connectivity index (χ2v) is 8.97. The molecule has 1 fully saturated rings. The van der Waals surface area contributed by atoms with Gasteiger partial charge in [-0.3, -0.25) is 4.79 Å². The Morgan fingerprint density at radius 1 is 0.973 bits per heavy atom. The van der Waals surface area contributed by atoms with Crippen LogP contribution in [-0.4, -0.2) is 41.5 Å². The highest BCUT2D eigenvalue weighted by Gasteiger charge is 2.25. The molecule has 3 aromatic carbocycles. The van der Waals surface area contributed by atoms with Gasteiger partial charge in [-0.25, -0.2) is 4.68 Å². The Kier molecular flexibility index (Phi) is 7.35. The minimum absolute atomic E-state index is 0.0874. The van der Waals surface area contributed by atoms with Crippen LogP contribution in [0.4, 0.5) is 5.69 Å². The van der Waals surface area contributed by atoms with Gasteiger partial charge in [-0.1, -0.05) is 30.7 Å². The zero-order chi connectivity index (χ0) is 25.6. The zero-order valence-electron chi connectivity index (χ0n) is 21.0. The smallest absolute Gasteiger partial charge is 0.336 e. The Hall–Kier alpha value is -4.33. The second-order valence-electron chi connectivity index (χ2n) is 8.97. The molecule has 0 spiro atoms. The number of methoxy groups -OCH3 is 2. The van der Waals surface area contributed by atoms with Crippen molar-refractivity contribution in [3.8, 4) is 34.6 Å². The summed E-state index contributed by atoms with van der Waals surface area (Å²) in [5.41, 5.74) is 3.55. The molecular weight excluding hydrogens is 468 g/mol. The highest BCUT2D eigenvalue weighted by Crippen LogP contribution is 2.29. The molecule has 8 heteroatoms. The quantitative estimate of drug-likeness (QED) is 0.319. The second kappa shape index (κ2) is 11.2. The van der Waals surface area contributed by atoms with Gasteiger partial charge in [0.15, 0.2) is 5.82 Å². The summed E-state index contributed by atoms with van der Waals surface area (Å²) >= 11 is 0. The first-order chi connectivity index (χ1) is 18.1. The first-order valence-electron chi connectivity index (χ1n) is 12.4. The topological polar surface area (TPSA) is 87.5 Å². The average Bonchev–Trinajstić information content (AvgIpc) is 3.33. The van der Waals surface area contributed by atoms with E-state index in [1.165, 1.54) is 0 Å². The van der Waals surface area contributed by atoms with E-state index in [0.29, 0.717) is 18.9 Å². The summed E-state index contributed by atoms with van der Waals surface area (Å²) in [5.74, 6) is 2.39. The molecule has 8 nitrogen and oxygen atoms in total. The standard InChI is InChI=1S/C29H30N4O4/c1-35-25-15-9-20(10-16-25)17-18-37-29-31-27(22-7-4-8-26(19-22)36-2)33(32-29)24-13-11-23(12-14-24)30-28(34)21-5-3-6-21/h4,7-16,19,21H,3,5-6,17-18H2,1-2H3,(H,30,34). The van der Waals surface area contributed by atoms with E-state index in [9.17, 15) is 4.79 Å². The molecule has 0 aliphatic heterocycles. The number of rotatable bonds is 10. The maximum atomic E-state index is 12.3. The van der Waals surface area contributed by atoms with Crippen molar-refractivity contribution < 1.29 is 19.0 Å². The Balaban J connectivity index is 1.36. The van der Waals surface area contributed by atoms with Gasteiger partial charge >= 0.3 is 6.01 Å². The normalized spacial score (nSPS) is 13.0. The minimum Gasteiger partial charge on any atom is -0.497 e. The molecule has 1 aliphatic carbocycles. The van der Waals surface area contributed by atoms with Crippen LogP contribution in [0.2, 0.25) is 0 Å². The van der Waals surface area contributed by atoms with Crippen molar-refractivity contribution in [2.45, 2.75) is 25.7 Å². The van der Waals surface area contributed by atoms with Crippen LogP contribution in [0.3, 0.4) is 0 Å². The fraction of sp³-hybridized carbons (Fsp3) is 0.276. The van der Waals surface area contributed by atoms with Gasteiger partial charge in [0.25, 0.3) is 0 Å². The lowest BCUT2D eigenvalue weighted by molar-refractivity contribution is -0.122. The molecule has 1 aromatic heterocycles. The predicted molar refractivity (Wildman–Crippen MR) is 142 cm³/mol. The third-order valence-corrected chi connectivity index (χ3v) is 6.55. The lowest BCUT2D eigenvalue weighted by Gasteiger charge is -2.24. The molecule has 0 bridgehead atoms. The molecule has 0 atom stereocenters. The van der Waals surface area contributed by atoms with Gasteiger partial charge < -0.3 is 19.5 Å². The fourth-order valence-electron chi connectivity index (χ4n) is 4.14. The highest BCUT2D eigenvalue weighted by atomic mass is 16.5. The van der Waals surface area contributed by atoms with Crippen LogP contribution >= 0.6 is 0 Å². The monoisotopic (exact) mass is 498 g/mol. The first-order valence-corrected chi connectivity index (χ1v) is 12.4. The van der Waals surface area contributed by atoms with Gasteiger partial charge in [0.05, 0.1) is 26.5 Å². The summed E-state index contributed by atoms with van der Waals surface area (Å²) in [6.45, 7) is 0.431. The van der Waals surface area contributed by atoms with Crippen LogP contribution in [0.1, 0.15) is 24.8 Å². The van der Waals surface area contributed by atoms with Crippen molar-refractivity contribution in [1.82, 2.24) is 14.8 Å². The van der Waals surface area contributed by atoms with Gasteiger partial charge in [-0.05, 0) is 66.9 Å². The molecule has 1 N–H and O–H groups in total. The predicted octanol–water partition coefficient (Wildman–Crippen LogP) is 5.31. The Labute approximate surface area is 216 Å². The molecule has 0 unspecified atom stereocenters. The number of ether oxygens (including phenoxy) is 3. The lowest BCUT2D eigenvalue weighted by atomic mass is 9.85. The zero-order valence-corrected chi connectivity index (χ0v) is 21.0. The number of anilines is 1. The van der Waals surface area contributed by atoms with Gasteiger partial charge in [-0.2, -0.15) is 4.98 Å². The van der Waals surface area contributed by atoms with Crippen LogP contribution in [0.25, 0.3) is 17.1 Å². The number of nitrogens with one attached hydrogen (secondary N) is 1. The third-order valence-electron chi connectivity index (χ3n) is 6.55. The molecule has 5 rings (SSSR count). The van der Waals surface area contributed by atoms with E-state index in [4.69, 9.17) is 14.2 Å². The molecule has 1 amide bonds. The maximum Gasteiger partial charge on any atom is 0.336 e. The highest BCUT2D eigenvalue weighted by molar-refractivity contribution is 5.93. The van der Waals surface area contributed by atoms with Gasteiger partial charge in [0.2, 0.25) is 5.91 Å². The summed E-state index contributed by atoms with van der Waals surface area (Å²) in [4.78, 5) is 17.0. The summed E-state index contributed by atoms with van der Waals surface area (Å²) in [6, 6.07) is 23.4. The number of hydrogen-bond acceptors (Lipinski definition) is 6. The van der Waals surface area contributed by atoms with E-state index < -0.39 is 0 Å². The van der Waals surface area contributed by atoms with Crippen molar-refractivity contribution in [2.24, 2.45) is 5.92 Å². The molecular formula is C29H30N4O4. The molecule has 37 heavy (non-hydrogen) atoms. The van der Waals surface area contributed by atoms with E-state index >= 15 is 0 Å². The van der Waals surface area contributed by atoms with Gasteiger partial charge in [0.1, 0.15) is 11.5 Å². The molecule has 1 saturated carbocycles. The largest absolute Gasteiger partial charge is 0.497 e. The lowest BCUT2D eigenvalue weighted by Crippen LogP contribution is -2.27. The van der Waals surface area contributed by atoms with Crippen LogP contribution < -0.4 is 19.5 Å². The summed E-state index contributed by atoms with van der Waals surface area (Å²) in [5, 5.41) is 7.65. The van der Waals surface area contributed by atoms with Gasteiger partial charge in [-0.15, -0.1) is 5.10 Å². The number of aromatic nitrogens is 3. The Morgan fingerprint density at radius 3 is 2.41 bits per heavy atom. The molecule has 1 aliphatic rings. The van der Waals surface area contributed by atoms with E-state index in [0.717, 1.165) is 53.3 Å². The number of hydrogen-bond donors (Lipinski definition) is 1. The maximum absolute atomic E-state index is 12.3. The van der Waals surface area contributed by atoms with Crippen LogP contribution in [0, 0.1) is 5.92 Å². The van der Waals surface area contributed by atoms with E-state index in [-0.39, 0.29) is 17.8 Å². The van der Waals surface area contributed by atoms with E-state index in [1.807, 2.05) is 72.8 Å². The molecule has 190 valence electrons. The fourth-order valence-corrected chi connectivity index (χ4v) is 4.14. The van der Waals surface area contributed by atoms with Crippen molar-refractivity contribution in [1.29, 1.82) is 0 Å². The van der Waals surface area contributed by atoms with E-state index in [2.05, 4.69) is 15.4 Å². The number of nitrogens with zero attached hydrogens (tertiary/aromatic N) is 3. The van der Waals surface area contributed by atoms with Crippen molar-refractivity contribution >= 4 is 11.6 Å². The van der Waals surface area contributed by atoms with Crippen LogP contribution in [-0.2, 0) is 11.2 Å². The average molecular weight is 499 g/mol. The molecule has 4 aromatic rings. The molecule has 0 radical (unpaired) electrons. The van der Waals surface area contributed by atoms with Crippen molar-refractivity contribution in [3.05, 3.63) is 78.4 Å². The van der Waals surface area contributed by atoms with Crippen molar-refractivity contribution in [2.75, 3.05) is 26.1 Å². The van der Waals surface area contributed by atoms with Crippen LogP contribution in [0.15, 0.2) is 72.8 Å². The number of benzene rings is 3. The van der Waals surface area contributed by atoms with Crippen molar-refractivity contribution in [3.63, 3.8) is 0 Å². The number of amides is 1. The molecule has 1 heterocycles. The van der Waals surface area contributed by atoms with E-state index in [1.54, 1.807) is 18.9 Å². The summed E-state index contributed by atoms with van der Waals surface area (Å²) in [7, 11) is 3.28. The third kappa shape index (κ3) is 5.74. The summed E-state index contributed by atoms with van der Waals surface area (Å²) < 4.78 is 18.3. The first kappa shape index (κ1) is 24.4.